The Balaban J connectivity index is 1.62. The number of alkyl halides is 3. The predicted octanol–water partition coefficient (Wildman–Crippen LogP) is 2.17. The van der Waals surface area contributed by atoms with Crippen molar-refractivity contribution < 1.29 is 17.9 Å². The molecule has 3 aromatic heterocycles. The van der Waals surface area contributed by atoms with Gasteiger partial charge < -0.3 is 10.1 Å². The maximum atomic E-state index is 12.9. The van der Waals surface area contributed by atoms with Crippen LogP contribution in [0.2, 0.25) is 0 Å². The average Bonchev–Trinajstić information content (AvgIpc) is 3.16. The van der Waals surface area contributed by atoms with Crippen molar-refractivity contribution in [2.24, 2.45) is 0 Å². The molecule has 4 heterocycles. The van der Waals surface area contributed by atoms with Crippen LogP contribution in [0.1, 0.15) is 11.7 Å². The molecule has 2 unspecified atom stereocenters. The number of aromatic nitrogens is 5. The first kappa shape index (κ1) is 19.0. The van der Waals surface area contributed by atoms with Gasteiger partial charge in [0.1, 0.15) is 11.7 Å². The molecule has 11 heteroatoms. The van der Waals surface area contributed by atoms with Crippen molar-refractivity contribution >= 4 is 5.95 Å². The van der Waals surface area contributed by atoms with Gasteiger partial charge in [0.2, 0.25) is 5.95 Å². The molecule has 8 nitrogen and oxygen atoms in total. The predicted molar refractivity (Wildman–Crippen MR) is 96.0 cm³/mol. The Morgan fingerprint density at radius 2 is 1.86 bits per heavy atom. The number of nitrogens with one attached hydrogen (secondary N) is 1. The summed E-state index contributed by atoms with van der Waals surface area (Å²) in [5.74, 6) is -0.196. The quantitative estimate of drug-likeness (QED) is 0.712. The van der Waals surface area contributed by atoms with Crippen molar-refractivity contribution in [3.8, 4) is 11.3 Å². The maximum Gasteiger partial charge on any atom is 0.433 e. The lowest BCUT2D eigenvalue weighted by Crippen LogP contribution is -2.37. The van der Waals surface area contributed by atoms with Crippen LogP contribution in [0.15, 0.2) is 53.7 Å². The molecule has 29 heavy (non-hydrogen) atoms. The van der Waals surface area contributed by atoms with E-state index in [2.05, 4.69) is 25.4 Å². The van der Waals surface area contributed by atoms with Gasteiger partial charge in [-0.25, -0.2) is 14.6 Å². The summed E-state index contributed by atoms with van der Waals surface area (Å²) in [4.78, 5) is 23.7. The summed E-state index contributed by atoms with van der Waals surface area (Å²) < 4.78 is 45.4. The van der Waals surface area contributed by atoms with Gasteiger partial charge in [-0.1, -0.05) is 0 Å². The molecule has 2 atom stereocenters. The van der Waals surface area contributed by atoms with Crippen LogP contribution in [0.25, 0.3) is 11.3 Å². The average molecular weight is 404 g/mol. The van der Waals surface area contributed by atoms with E-state index in [1.54, 1.807) is 30.6 Å². The van der Waals surface area contributed by atoms with Crippen molar-refractivity contribution in [2.45, 2.75) is 18.3 Å². The van der Waals surface area contributed by atoms with E-state index in [1.807, 2.05) is 0 Å². The van der Waals surface area contributed by atoms with E-state index in [0.29, 0.717) is 5.69 Å². The largest absolute Gasteiger partial charge is 0.433 e. The first-order chi connectivity index (χ1) is 13.9. The molecule has 0 spiro atoms. The van der Waals surface area contributed by atoms with Crippen molar-refractivity contribution in [2.75, 3.05) is 18.5 Å². The second kappa shape index (κ2) is 7.59. The molecule has 150 valence electrons. The van der Waals surface area contributed by atoms with E-state index < -0.39 is 24.0 Å². The minimum Gasteiger partial charge on any atom is -0.377 e. The summed E-state index contributed by atoms with van der Waals surface area (Å²) in [5.41, 5.74) is -0.0677. The number of hydrogen-bond acceptors (Lipinski definition) is 7. The van der Waals surface area contributed by atoms with E-state index in [0.717, 1.165) is 17.8 Å². The highest BCUT2D eigenvalue weighted by Crippen LogP contribution is 2.28. The molecule has 0 amide bonds. The van der Waals surface area contributed by atoms with Gasteiger partial charge in [0.25, 0.3) is 5.56 Å². The Labute approximate surface area is 162 Å². The third-order valence-corrected chi connectivity index (χ3v) is 4.43. The zero-order chi connectivity index (χ0) is 20.4. The SMILES string of the molecule is O=c1ccc(-c2ccncc2)nn1C1COCC1Nc1nccc(C(F)(F)F)n1. The lowest BCUT2D eigenvalue weighted by molar-refractivity contribution is -0.141. The van der Waals surface area contributed by atoms with Crippen LogP contribution < -0.4 is 10.9 Å². The molecule has 1 aliphatic rings. The summed E-state index contributed by atoms with van der Waals surface area (Å²) in [7, 11) is 0. The molecule has 0 saturated carbocycles. The van der Waals surface area contributed by atoms with Crippen LogP contribution in [0.5, 0.6) is 0 Å². The Morgan fingerprint density at radius 3 is 2.62 bits per heavy atom. The Morgan fingerprint density at radius 1 is 1.07 bits per heavy atom. The number of pyridine rings is 1. The summed E-state index contributed by atoms with van der Waals surface area (Å²) >= 11 is 0. The molecule has 1 fully saturated rings. The van der Waals surface area contributed by atoms with Crippen molar-refractivity contribution in [1.29, 1.82) is 0 Å². The molecule has 0 bridgehead atoms. The first-order valence-corrected chi connectivity index (χ1v) is 8.66. The number of rotatable bonds is 4. The highest BCUT2D eigenvalue weighted by molar-refractivity contribution is 5.57. The Bertz CT molecular complexity index is 1060. The summed E-state index contributed by atoms with van der Waals surface area (Å²) in [5, 5.41) is 7.24. The van der Waals surface area contributed by atoms with Crippen LogP contribution in [0.3, 0.4) is 0 Å². The van der Waals surface area contributed by atoms with Crippen molar-refractivity contribution in [3.05, 3.63) is 65.0 Å². The minimum absolute atomic E-state index is 0.165. The van der Waals surface area contributed by atoms with E-state index in [1.165, 1.54) is 10.7 Å². The smallest absolute Gasteiger partial charge is 0.377 e. The van der Waals surface area contributed by atoms with E-state index >= 15 is 0 Å². The van der Waals surface area contributed by atoms with Crippen LogP contribution in [-0.4, -0.2) is 44.0 Å². The molecule has 0 aliphatic carbocycles. The number of anilines is 1. The molecule has 1 N–H and O–H groups in total. The molecule has 1 saturated heterocycles. The number of ether oxygens (including phenoxy) is 1. The van der Waals surface area contributed by atoms with Crippen molar-refractivity contribution in [3.63, 3.8) is 0 Å². The van der Waals surface area contributed by atoms with E-state index in [9.17, 15) is 18.0 Å². The lowest BCUT2D eigenvalue weighted by atomic mass is 10.1. The summed E-state index contributed by atoms with van der Waals surface area (Å²) in [6.45, 7) is 0.335. The number of hydrogen-bond donors (Lipinski definition) is 1. The molecule has 0 aromatic carbocycles. The van der Waals surface area contributed by atoms with Crippen molar-refractivity contribution in [1.82, 2.24) is 24.7 Å². The Kier molecular flexibility index (Phi) is 4.97. The molecule has 1 aliphatic heterocycles. The lowest BCUT2D eigenvalue weighted by Gasteiger charge is -2.21. The zero-order valence-corrected chi connectivity index (χ0v) is 14.9. The van der Waals surface area contributed by atoms with Gasteiger partial charge >= 0.3 is 6.18 Å². The van der Waals surface area contributed by atoms with Gasteiger partial charge in [-0.15, -0.1) is 0 Å². The molecule has 3 aromatic rings. The zero-order valence-electron chi connectivity index (χ0n) is 14.9. The molecular formula is C18H15F3N6O2. The van der Waals surface area contributed by atoms with Gasteiger partial charge in [-0.3, -0.25) is 9.78 Å². The minimum atomic E-state index is -4.58. The van der Waals surface area contributed by atoms with Gasteiger partial charge in [-0.2, -0.15) is 18.3 Å². The summed E-state index contributed by atoms with van der Waals surface area (Å²) in [6.07, 6.45) is -0.333. The second-order valence-corrected chi connectivity index (χ2v) is 6.36. The second-order valence-electron chi connectivity index (χ2n) is 6.36. The van der Waals surface area contributed by atoms with Crippen LogP contribution >= 0.6 is 0 Å². The third kappa shape index (κ3) is 4.09. The van der Waals surface area contributed by atoms with Gasteiger partial charge in [0, 0.05) is 30.2 Å². The highest BCUT2D eigenvalue weighted by atomic mass is 19.4. The Hall–Kier alpha value is -3.34. The fourth-order valence-corrected chi connectivity index (χ4v) is 3.01. The monoisotopic (exact) mass is 404 g/mol. The summed E-state index contributed by atoms with van der Waals surface area (Å²) in [6, 6.07) is 6.22. The third-order valence-electron chi connectivity index (χ3n) is 4.43. The van der Waals surface area contributed by atoms with Crippen LogP contribution in [-0.2, 0) is 10.9 Å². The highest BCUT2D eigenvalue weighted by Gasteiger charge is 2.35. The standard InChI is InChI=1S/C18H15F3N6O2/c19-18(20,21)15-5-8-23-17(25-15)24-13-9-29-10-14(13)27-16(28)2-1-12(26-27)11-3-6-22-7-4-11/h1-8,13-14H,9-10H2,(H,23,24,25). The van der Waals surface area contributed by atoms with Crippen LogP contribution in [0, 0.1) is 0 Å². The number of halogens is 3. The normalized spacial score (nSPS) is 19.3. The van der Waals surface area contributed by atoms with E-state index in [4.69, 9.17) is 4.74 Å². The molecule has 0 radical (unpaired) electrons. The topological polar surface area (TPSA) is 94.8 Å². The fraction of sp³-hybridized carbons (Fsp3) is 0.278. The van der Waals surface area contributed by atoms with Gasteiger partial charge in [0.05, 0.1) is 24.9 Å². The van der Waals surface area contributed by atoms with E-state index in [-0.39, 0.29) is 24.7 Å². The molecular weight excluding hydrogens is 389 g/mol. The van der Waals surface area contributed by atoms with Crippen LogP contribution in [0.4, 0.5) is 19.1 Å². The fourth-order valence-electron chi connectivity index (χ4n) is 3.01. The van der Waals surface area contributed by atoms with Gasteiger partial charge in [0.15, 0.2) is 0 Å². The van der Waals surface area contributed by atoms with Gasteiger partial charge in [-0.05, 0) is 24.3 Å². The first-order valence-electron chi connectivity index (χ1n) is 8.66. The number of nitrogens with zero attached hydrogens (tertiary/aromatic N) is 5. The molecule has 4 rings (SSSR count). The maximum absolute atomic E-state index is 12.9.